The summed E-state index contributed by atoms with van der Waals surface area (Å²) in [4.78, 5) is 45.4. The molecule has 0 saturated carbocycles. The van der Waals surface area contributed by atoms with E-state index in [1.807, 2.05) is 0 Å². The molecule has 4 N–H and O–H groups in total. The van der Waals surface area contributed by atoms with Crippen LogP contribution in [0.15, 0.2) is 48.5 Å². The van der Waals surface area contributed by atoms with Crippen LogP contribution in [0.25, 0.3) is 0 Å². The third-order valence-corrected chi connectivity index (χ3v) is 3.66. The monoisotopic (exact) mass is 370 g/mol. The standard InChI is InChI=1S/C18H18N4O5/c1-11(20-18(25)13-3-2-4-15(10-13)22(26)27)17(24)21-14-7-5-12(6-8-14)9-16(19)23/h2-8,10-11H,9H2,1H3,(H2,19,23)(H,20,25)(H,21,24). The summed E-state index contributed by atoms with van der Waals surface area (Å²) in [6.45, 7) is 1.49. The molecule has 0 radical (unpaired) electrons. The number of nitrogens with zero attached hydrogens (tertiary/aromatic N) is 1. The smallest absolute Gasteiger partial charge is 0.270 e. The summed E-state index contributed by atoms with van der Waals surface area (Å²) in [6, 6.07) is 10.9. The van der Waals surface area contributed by atoms with Gasteiger partial charge in [0.15, 0.2) is 0 Å². The Morgan fingerprint density at radius 1 is 1.15 bits per heavy atom. The van der Waals surface area contributed by atoms with Crippen LogP contribution in [0.5, 0.6) is 0 Å². The molecule has 1 unspecified atom stereocenters. The highest BCUT2D eigenvalue weighted by Gasteiger charge is 2.18. The number of amides is 3. The highest BCUT2D eigenvalue weighted by Crippen LogP contribution is 2.14. The van der Waals surface area contributed by atoms with Crippen molar-refractivity contribution in [1.82, 2.24) is 5.32 Å². The maximum Gasteiger partial charge on any atom is 0.270 e. The number of nitrogens with one attached hydrogen (secondary N) is 2. The molecule has 9 nitrogen and oxygen atoms in total. The van der Waals surface area contributed by atoms with Gasteiger partial charge in [0.2, 0.25) is 11.8 Å². The van der Waals surface area contributed by atoms with Crippen LogP contribution in [-0.2, 0) is 16.0 Å². The van der Waals surface area contributed by atoms with Crippen molar-refractivity contribution in [2.75, 3.05) is 5.32 Å². The minimum atomic E-state index is -0.873. The molecule has 0 bridgehead atoms. The molecule has 2 rings (SSSR count). The average Bonchev–Trinajstić information content (AvgIpc) is 2.62. The number of hydrogen-bond acceptors (Lipinski definition) is 5. The first-order chi connectivity index (χ1) is 12.8. The molecule has 27 heavy (non-hydrogen) atoms. The molecule has 2 aromatic carbocycles. The van der Waals surface area contributed by atoms with E-state index < -0.39 is 28.7 Å². The Morgan fingerprint density at radius 3 is 2.41 bits per heavy atom. The quantitative estimate of drug-likeness (QED) is 0.498. The van der Waals surface area contributed by atoms with Crippen molar-refractivity contribution in [2.45, 2.75) is 19.4 Å². The fourth-order valence-corrected chi connectivity index (χ4v) is 2.26. The van der Waals surface area contributed by atoms with E-state index in [-0.39, 0.29) is 17.7 Å². The van der Waals surface area contributed by atoms with Crippen molar-refractivity contribution in [3.8, 4) is 0 Å². The van der Waals surface area contributed by atoms with Crippen LogP contribution in [0.3, 0.4) is 0 Å². The number of carbonyl (C=O) groups is 3. The van der Waals surface area contributed by atoms with Gasteiger partial charge in [0.05, 0.1) is 11.3 Å². The third kappa shape index (κ3) is 5.63. The number of nitro benzene ring substituents is 1. The fourth-order valence-electron chi connectivity index (χ4n) is 2.26. The van der Waals surface area contributed by atoms with Crippen LogP contribution in [0.2, 0.25) is 0 Å². The third-order valence-electron chi connectivity index (χ3n) is 3.66. The highest BCUT2D eigenvalue weighted by molar-refractivity contribution is 6.01. The average molecular weight is 370 g/mol. The number of anilines is 1. The Kier molecular flexibility index (Phi) is 6.21. The molecule has 0 aliphatic carbocycles. The van der Waals surface area contributed by atoms with Gasteiger partial charge < -0.3 is 16.4 Å². The molecule has 9 heteroatoms. The predicted octanol–water partition coefficient (Wildman–Crippen LogP) is 1.38. The molecule has 0 aromatic heterocycles. The maximum atomic E-state index is 12.2. The van der Waals surface area contributed by atoms with E-state index in [9.17, 15) is 24.5 Å². The van der Waals surface area contributed by atoms with Crippen molar-refractivity contribution < 1.29 is 19.3 Å². The van der Waals surface area contributed by atoms with Gasteiger partial charge in [-0.1, -0.05) is 18.2 Å². The molecule has 0 saturated heterocycles. The van der Waals surface area contributed by atoms with Crippen molar-refractivity contribution >= 4 is 29.1 Å². The number of hydrogen-bond donors (Lipinski definition) is 3. The molecular weight excluding hydrogens is 352 g/mol. The van der Waals surface area contributed by atoms with Gasteiger partial charge in [0.25, 0.3) is 11.6 Å². The number of benzene rings is 2. The van der Waals surface area contributed by atoms with E-state index in [4.69, 9.17) is 5.73 Å². The molecule has 140 valence electrons. The summed E-state index contributed by atoms with van der Waals surface area (Å²) < 4.78 is 0. The minimum absolute atomic E-state index is 0.0830. The molecule has 0 fully saturated rings. The summed E-state index contributed by atoms with van der Waals surface area (Å²) in [5, 5.41) is 15.9. The van der Waals surface area contributed by atoms with Gasteiger partial charge in [0, 0.05) is 23.4 Å². The lowest BCUT2D eigenvalue weighted by molar-refractivity contribution is -0.384. The summed E-state index contributed by atoms with van der Waals surface area (Å²) >= 11 is 0. The summed E-state index contributed by atoms with van der Waals surface area (Å²) in [5.41, 5.74) is 6.19. The second-order valence-corrected chi connectivity index (χ2v) is 5.83. The first kappa shape index (κ1) is 19.6. The van der Waals surface area contributed by atoms with Crippen molar-refractivity contribution in [3.05, 3.63) is 69.8 Å². The van der Waals surface area contributed by atoms with Crippen LogP contribution in [0.4, 0.5) is 11.4 Å². The Hall–Kier alpha value is -3.75. The van der Waals surface area contributed by atoms with Gasteiger partial charge in [-0.25, -0.2) is 0 Å². The molecule has 2 aromatic rings. The summed E-state index contributed by atoms with van der Waals surface area (Å²) in [6.07, 6.45) is 0.101. The van der Waals surface area contributed by atoms with Gasteiger partial charge in [-0.3, -0.25) is 24.5 Å². The van der Waals surface area contributed by atoms with Crippen LogP contribution in [0, 0.1) is 10.1 Å². The van der Waals surface area contributed by atoms with E-state index in [1.165, 1.54) is 25.1 Å². The zero-order valence-corrected chi connectivity index (χ0v) is 14.5. The topological polar surface area (TPSA) is 144 Å². The van der Waals surface area contributed by atoms with Gasteiger partial charge in [0.1, 0.15) is 6.04 Å². The number of nitro groups is 1. The van der Waals surface area contributed by atoms with E-state index in [0.717, 1.165) is 6.07 Å². The fraction of sp³-hybridized carbons (Fsp3) is 0.167. The second kappa shape index (κ2) is 8.56. The van der Waals surface area contributed by atoms with E-state index in [1.54, 1.807) is 24.3 Å². The molecule has 1 atom stereocenters. The number of primary amides is 1. The Labute approximate surface area is 154 Å². The first-order valence-corrected chi connectivity index (χ1v) is 7.99. The summed E-state index contributed by atoms with van der Waals surface area (Å²) in [5.74, 6) is -1.51. The van der Waals surface area contributed by atoms with Gasteiger partial charge in [-0.05, 0) is 30.7 Å². The lowest BCUT2D eigenvalue weighted by atomic mass is 10.1. The molecule has 0 heterocycles. The molecular formula is C18H18N4O5. The lowest BCUT2D eigenvalue weighted by Crippen LogP contribution is -2.41. The largest absolute Gasteiger partial charge is 0.369 e. The van der Waals surface area contributed by atoms with Crippen LogP contribution < -0.4 is 16.4 Å². The normalized spacial score (nSPS) is 11.3. The van der Waals surface area contributed by atoms with E-state index in [0.29, 0.717) is 11.3 Å². The second-order valence-electron chi connectivity index (χ2n) is 5.83. The number of rotatable bonds is 7. The molecule has 3 amide bonds. The number of carbonyl (C=O) groups excluding carboxylic acids is 3. The Morgan fingerprint density at radius 2 is 1.81 bits per heavy atom. The van der Waals surface area contributed by atoms with Crippen LogP contribution in [-0.4, -0.2) is 28.7 Å². The Bertz CT molecular complexity index is 880. The maximum absolute atomic E-state index is 12.2. The molecule has 0 aliphatic heterocycles. The van der Waals surface area contributed by atoms with Gasteiger partial charge >= 0.3 is 0 Å². The van der Waals surface area contributed by atoms with Crippen molar-refractivity contribution in [1.29, 1.82) is 0 Å². The van der Waals surface area contributed by atoms with E-state index >= 15 is 0 Å². The minimum Gasteiger partial charge on any atom is -0.369 e. The number of nitrogens with two attached hydrogens (primary N) is 1. The van der Waals surface area contributed by atoms with Crippen LogP contribution >= 0.6 is 0 Å². The van der Waals surface area contributed by atoms with Gasteiger partial charge in [-0.2, -0.15) is 0 Å². The number of non-ortho nitro benzene ring substituents is 1. The highest BCUT2D eigenvalue weighted by atomic mass is 16.6. The zero-order valence-electron chi connectivity index (χ0n) is 14.5. The summed E-state index contributed by atoms with van der Waals surface area (Å²) in [7, 11) is 0. The molecule has 0 spiro atoms. The van der Waals surface area contributed by atoms with Crippen molar-refractivity contribution in [3.63, 3.8) is 0 Å². The predicted molar refractivity (Wildman–Crippen MR) is 98.0 cm³/mol. The van der Waals surface area contributed by atoms with Crippen molar-refractivity contribution in [2.24, 2.45) is 5.73 Å². The van der Waals surface area contributed by atoms with E-state index in [2.05, 4.69) is 10.6 Å². The lowest BCUT2D eigenvalue weighted by Gasteiger charge is -2.14. The Balaban J connectivity index is 1.96. The SMILES string of the molecule is CC(NC(=O)c1cccc([N+](=O)[O-])c1)C(=O)Nc1ccc(CC(N)=O)cc1. The van der Waals surface area contributed by atoms with Gasteiger partial charge in [-0.15, -0.1) is 0 Å². The zero-order chi connectivity index (χ0) is 20.0. The first-order valence-electron chi connectivity index (χ1n) is 7.99. The molecule has 0 aliphatic rings. The van der Waals surface area contributed by atoms with Crippen LogP contribution in [0.1, 0.15) is 22.8 Å².